The van der Waals surface area contributed by atoms with Crippen LogP contribution in [0.4, 0.5) is 5.69 Å². The molecule has 1 saturated heterocycles. The van der Waals surface area contributed by atoms with Gasteiger partial charge >= 0.3 is 5.69 Å². The van der Waals surface area contributed by atoms with Gasteiger partial charge in [0.25, 0.3) is 5.91 Å². The first-order valence-electron chi connectivity index (χ1n) is 7.54. The summed E-state index contributed by atoms with van der Waals surface area (Å²) in [5.41, 5.74) is -0.174. The molecule has 0 aliphatic carbocycles. The molecule has 0 saturated carbocycles. The number of nitrogens with one attached hydrogen (secondary N) is 2. The second-order valence-corrected chi connectivity index (χ2v) is 6.13. The first-order valence-corrected chi connectivity index (χ1v) is 7.92. The standard InChI is InChI=1S/C15H20ClN3O4/c1-9(2)23-14-8-12(16)11(7-13(14)19(21)22)15(20)18-10-3-5-17-6-4-10/h7-10,17H,3-6H2,1-2H3,(H,18,20). The summed E-state index contributed by atoms with van der Waals surface area (Å²) in [6.45, 7) is 5.19. The van der Waals surface area contributed by atoms with Gasteiger partial charge in [0, 0.05) is 18.2 Å². The van der Waals surface area contributed by atoms with Gasteiger partial charge in [0.1, 0.15) is 0 Å². The number of hydrogen-bond acceptors (Lipinski definition) is 5. The van der Waals surface area contributed by atoms with Crippen molar-refractivity contribution in [2.24, 2.45) is 0 Å². The molecule has 1 aromatic rings. The highest BCUT2D eigenvalue weighted by Gasteiger charge is 2.24. The van der Waals surface area contributed by atoms with E-state index < -0.39 is 10.8 Å². The van der Waals surface area contributed by atoms with E-state index in [2.05, 4.69) is 10.6 Å². The lowest BCUT2D eigenvalue weighted by Crippen LogP contribution is -2.42. The van der Waals surface area contributed by atoms with E-state index in [1.165, 1.54) is 12.1 Å². The molecular weight excluding hydrogens is 322 g/mol. The van der Waals surface area contributed by atoms with Crippen molar-refractivity contribution in [3.05, 3.63) is 32.8 Å². The van der Waals surface area contributed by atoms with Crippen LogP contribution in [0.1, 0.15) is 37.0 Å². The summed E-state index contributed by atoms with van der Waals surface area (Å²) in [7, 11) is 0. The predicted molar refractivity (Wildman–Crippen MR) is 87.2 cm³/mol. The lowest BCUT2D eigenvalue weighted by molar-refractivity contribution is -0.386. The second kappa shape index (κ2) is 7.61. The summed E-state index contributed by atoms with van der Waals surface area (Å²) in [6, 6.07) is 2.55. The molecule has 0 spiro atoms. The molecule has 8 heteroatoms. The number of amides is 1. The zero-order chi connectivity index (χ0) is 17.0. The highest BCUT2D eigenvalue weighted by Crippen LogP contribution is 2.34. The fourth-order valence-electron chi connectivity index (χ4n) is 2.44. The molecule has 0 atom stereocenters. The Balaban J connectivity index is 2.25. The Morgan fingerprint density at radius 1 is 1.43 bits per heavy atom. The van der Waals surface area contributed by atoms with Crippen LogP contribution in [0.15, 0.2) is 12.1 Å². The van der Waals surface area contributed by atoms with Gasteiger partial charge in [-0.05, 0) is 39.8 Å². The van der Waals surface area contributed by atoms with E-state index in [0.717, 1.165) is 25.9 Å². The Bertz CT molecular complexity index is 601. The molecule has 1 heterocycles. The van der Waals surface area contributed by atoms with E-state index in [1.807, 2.05) is 0 Å². The Morgan fingerprint density at radius 2 is 2.09 bits per heavy atom. The highest BCUT2D eigenvalue weighted by atomic mass is 35.5. The van der Waals surface area contributed by atoms with Crippen LogP contribution in [-0.2, 0) is 0 Å². The summed E-state index contributed by atoms with van der Waals surface area (Å²) in [5.74, 6) is -0.338. The molecule has 7 nitrogen and oxygen atoms in total. The first kappa shape index (κ1) is 17.5. The number of carbonyl (C=O) groups excluding carboxylic acids is 1. The summed E-state index contributed by atoms with van der Waals surface area (Å²) in [6.07, 6.45) is 1.40. The van der Waals surface area contributed by atoms with Crippen molar-refractivity contribution in [1.29, 1.82) is 0 Å². The fraction of sp³-hybridized carbons (Fsp3) is 0.533. The van der Waals surface area contributed by atoms with Crippen LogP contribution in [0.2, 0.25) is 5.02 Å². The SMILES string of the molecule is CC(C)Oc1cc(Cl)c(C(=O)NC2CCNCC2)cc1[N+](=O)[O-]. The molecule has 1 aliphatic heterocycles. The quantitative estimate of drug-likeness (QED) is 0.634. The minimum atomic E-state index is -0.574. The van der Waals surface area contributed by atoms with Crippen LogP contribution >= 0.6 is 11.6 Å². The smallest absolute Gasteiger partial charge is 0.311 e. The van der Waals surface area contributed by atoms with Crippen LogP contribution < -0.4 is 15.4 Å². The number of piperidine rings is 1. The number of benzene rings is 1. The van der Waals surface area contributed by atoms with E-state index in [0.29, 0.717) is 0 Å². The first-order chi connectivity index (χ1) is 10.9. The molecule has 23 heavy (non-hydrogen) atoms. The van der Waals surface area contributed by atoms with E-state index in [-0.39, 0.29) is 34.2 Å². The summed E-state index contributed by atoms with van der Waals surface area (Å²) in [5, 5.41) is 17.4. The van der Waals surface area contributed by atoms with Crippen molar-refractivity contribution in [1.82, 2.24) is 10.6 Å². The van der Waals surface area contributed by atoms with Gasteiger partial charge in [-0.1, -0.05) is 11.6 Å². The van der Waals surface area contributed by atoms with Gasteiger partial charge in [-0.2, -0.15) is 0 Å². The number of halogens is 1. The van der Waals surface area contributed by atoms with Crippen molar-refractivity contribution in [3.8, 4) is 5.75 Å². The molecule has 1 fully saturated rings. The maximum Gasteiger partial charge on any atom is 0.311 e. The highest BCUT2D eigenvalue weighted by molar-refractivity contribution is 6.34. The van der Waals surface area contributed by atoms with Gasteiger partial charge in [0.15, 0.2) is 5.75 Å². The number of nitro benzene ring substituents is 1. The van der Waals surface area contributed by atoms with Gasteiger partial charge in [-0.15, -0.1) is 0 Å². The average Bonchev–Trinajstić information content (AvgIpc) is 2.47. The third-order valence-corrected chi connectivity index (χ3v) is 3.84. The zero-order valence-electron chi connectivity index (χ0n) is 13.1. The maximum atomic E-state index is 12.4. The molecule has 0 radical (unpaired) electrons. The number of rotatable bonds is 5. The van der Waals surface area contributed by atoms with E-state index in [4.69, 9.17) is 16.3 Å². The van der Waals surface area contributed by atoms with E-state index >= 15 is 0 Å². The number of ether oxygens (including phenoxy) is 1. The number of nitro groups is 1. The number of hydrogen-bond donors (Lipinski definition) is 2. The van der Waals surface area contributed by atoms with Crippen LogP contribution in [-0.4, -0.2) is 36.1 Å². The van der Waals surface area contributed by atoms with E-state index in [9.17, 15) is 14.9 Å². The fourth-order valence-corrected chi connectivity index (χ4v) is 2.68. The summed E-state index contributed by atoms with van der Waals surface area (Å²) < 4.78 is 5.41. The second-order valence-electron chi connectivity index (χ2n) is 5.72. The van der Waals surface area contributed by atoms with Gasteiger partial charge in [-0.25, -0.2) is 0 Å². The van der Waals surface area contributed by atoms with Crippen molar-refractivity contribution >= 4 is 23.2 Å². The monoisotopic (exact) mass is 341 g/mol. The largest absolute Gasteiger partial charge is 0.484 e. The molecular formula is C15H20ClN3O4. The van der Waals surface area contributed by atoms with Crippen molar-refractivity contribution in [2.75, 3.05) is 13.1 Å². The van der Waals surface area contributed by atoms with Gasteiger partial charge in [-0.3, -0.25) is 14.9 Å². The summed E-state index contributed by atoms with van der Waals surface area (Å²) in [4.78, 5) is 23.0. The normalized spacial score (nSPS) is 15.5. The molecule has 1 aliphatic rings. The minimum absolute atomic E-state index is 0.0467. The molecule has 2 rings (SSSR count). The van der Waals surface area contributed by atoms with Crippen LogP contribution in [0.5, 0.6) is 5.75 Å². The third kappa shape index (κ3) is 4.56. The van der Waals surface area contributed by atoms with Crippen molar-refractivity contribution in [2.45, 2.75) is 38.8 Å². The molecule has 0 aromatic heterocycles. The maximum absolute atomic E-state index is 12.4. The van der Waals surface area contributed by atoms with Crippen LogP contribution in [0.25, 0.3) is 0 Å². The number of nitrogens with zero attached hydrogens (tertiary/aromatic N) is 1. The van der Waals surface area contributed by atoms with Crippen molar-refractivity contribution in [3.63, 3.8) is 0 Å². The van der Waals surface area contributed by atoms with Gasteiger partial charge in [0.2, 0.25) is 0 Å². The Kier molecular flexibility index (Phi) is 5.79. The van der Waals surface area contributed by atoms with E-state index in [1.54, 1.807) is 13.8 Å². The predicted octanol–water partition coefficient (Wildman–Crippen LogP) is 2.52. The van der Waals surface area contributed by atoms with Gasteiger partial charge < -0.3 is 15.4 Å². The average molecular weight is 342 g/mol. The Labute approximate surface area is 139 Å². The zero-order valence-corrected chi connectivity index (χ0v) is 13.9. The molecule has 126 valence electrons. The van der Waals surface area contributed by atoms with Crippen molar-refractivity contribution < 1.29 is 14.5 Å². The molecule has 1 aromatic carbocycles. The number of carbonyl (C=O) groups is 1. The Hall–Kier alpha value is -1.86. The molecule has 1 amide bonds. The molecule has 0 bridgehead atoms. The lowest BCUT2D eigenvalue weighted by atomic mass is 10.1. The molecule has 2 N–H and O–H groups in total. The topological polar surface area (TPSA) is 93.5 Å². The minimum Gasteiger partial charge on any atom is -0.484 e. The molecule has 0 unspecified atom stereocenters. The Morgan fingerprint density at radius 3 is 2.65 bits per heavy atom. The van der Waals surface area contributed by atoms with Crippen LogP contribution in [0, 0.1) is 10.1 Å². The summed E-state index contributed by atoms with van der Waals surface area (Å²) >= 11 is 6.13. The van der Waals surface area contributed by atoms with Gasteiger partial charge in [0.05, 0.1) is 21.6 Å². The third-order valence-electron chi connectivity index (χ3n) is 3.53. The van der Waals surface area contributed by atoms with Crippen LogP contribution in [0.3, 0.4) is 0 Å². The lowest BCUT2D eigenvalue weighted by Gasteiger charge is -2.24.